The van der Waals surface area contributed by atoms with E-state index in [0.717, 1.165) is 32.9 Å². The highest BCUT2D eigenvalue weighted by Crippen LogP contribution is 2.53. The molecule has 5 nitrogen and oxygen atoms in total. The van der Waals surface area contributed by atoms with Crippen molar-refractivity contribution in [3.63, 3.8) is 0 Å². The zero-order valence-electron chi connectivity index (χ0n) is 17.6. The molecule has 1 saturated heterocycles. The number of para-hydroxylation sites is 3. The molecule has 5 rings (SSSR count). The zero-order chi connectivity index (χ0) is 22.5. The first-order valence-electron chi connectivity index (χ1n) is 10.2. The van der Waals surface area contributed by atoms with Gasteiger partial charge in [-0.3, -0.25) is 9.69 Å². The van der Waals surface area contributed by atoms with Crippen LogP contribution in [-0.4, -0.2) is 32.0 Å². The number of ether oxygens (including phenoxy) is 1. The summed E-state index contributed by atoms with van der Waals surface area (Å²) in [6, 6.07) is 23.4. The number of halogens is 2. The molecule has 0 spiro atoms. The lowest BCUT2D eigenvalue weighted by Crippen LogP contribution is -2.74. The van der Waals surface area contributed by atoms with Gasteiger partial charge in [-0.05, 0) is 57.9 Å². The molecule has 2 atom stereocenters. The minimum atomic E-state index is -0.739. The molecule has 1 amide bonds. The zero-order valence-corrected chi connectivity index (χ0v) is 20.0. The van der Waals surface area contributed by atoms with Crippen molar-refractivity contribution in [2.45, 2.75) is 18.1 Å². The van der Waals surface area contributed by atoms with Crippen molar-refractivity contribution in [3.05, 3.63) is 87.9 Å². The third kappa shape index (κ3) is 3.09. The third-order valence-electron chi connectivity index (χ3n) is 6.26. The molecule has 2 aliphatic heterocycles. The maximum absolute atomic E-state index is 13.3. The Hall–Kier alpha value is -2.67. The van der Waals surface area contributed by atoms with Gasteiger partial charge in [-0.1, -0.05) is 48.0 Å². The largest absolute Gasteiger partial charge is 0.369 e. The number of carbonyl (C=O) groups is 1. The molecule has 0 radical (unpaired) electrons. The monoisotopic (exact) mass is 509 g/mol. The molecule has 2 aliphatic rings. The highest BCUT2D eigenvalue weighted by molar-refractivity contribution is 9.10. The molecule has 0 bridgehead atoms. The first-order chi connectivity index (χ1) is 15.5. The van der Waals surface area contributed by atoms with Gasteiger partial charge < -0.3 is 9.64 Å². The van der Waals surface area contributed by atoms with E-state index >= 15 is 0 Å². The summed E-state index contributed by atoms with van der Waals surface area (Å²) in [6.07, 6.45) is -0.154. The molecular weight excluding hydrogens is 490 g/mol. The van der Waals surface area contributed by atoms with Crippen molar-refractivity contribution in [3.8, 4) is 0 Å². The standard InChI is InChI=1S/C25H21BrClN3O2/c1-29(20-9-5-3-7-18(20)26)22-15-25(16-11-13-17(27)14-12-16)23(32-2)24(31)30(25)21-10-6-4-8-19(21)28-22/h3-14,23H,15H2,1-2H3. The molecule has 32 heavy (non-hydrogen) atoms. The minimum Gasteiger partial charge on any atom is -0.369 e. The molecule has 0 saturated carbocycles. The van der Waals surface area contributed by atoms with Crippen LogP contribution in [0.4, 0.5) is 17.1 Å². The fraction of sp³-hybridized carbons (Fsp3) is 0.200. The van der Waals surface area contributed by atoms with Crippen molar-refractivity contribution in [1.82, 2.24) is 0 Å². The molecule has 1 fully saturated rings. The van der Waals surface area contributed by atoms with Crippen LogP contribution in [0.5, 0.6) is 0 Å². The number of hydrogen-bond acceptors (Lipinski definition) is 4. The topological polar surface area (TPSA) is 45.1 Å². The molecule has 3 aromatic carbocycles. The maximum Gasteiger partial charge on any atom is 0.259 e. The predicted molar refractivity (Wildman–Crippen MR) is 132 cm³/mol. The average Bonchev–Trinajstić information content (AvgIpc) is 2.92. The Kier molecular flexibility index (Phi) is 5.32. The fourth-order valence-corrected chi connectivity index (χ4v) is 5.39. The number of aliphatic imine (C=N–C) groups is 1. The highest BCUT2D eigenvalue weighted by Gasteiger charge is 2.64. The van der Waals surface area contributed by atoms with Gasteiger partial charge in [0.05, 0.1) is 17.1 Å². The molecule has 162 valence electrons. The molecule has 2 heterocycles. The number of hydrogen-bond donors (Lipinski definition) is 0. The quantitative estimate of drug-likeness (QED) is 0.410. The second-order valence-corrected chi connectivity index (χ2v) is 9.22. The summed E-state index contributed by atoms with van der Waals surface area (Å²) in [5, 5.41) is 0.643. The van der Waals surface area contributed by atoms with E-state index in [1.165, 1.54) is 0 Å². The third-order valence-corrected chi connectivity index (χ3v) is 7.18. The van der Waals surface area contributed by atoms with E-state index in [4.69, 9.17) is 21.3 Å². The Morgan fingerprint density at radius 2 is 1.78 bits per heavy atom. The number of anilines is 2. The van der Waals surface area contributed by atoms with Gasteiger partial charge in [-0.2, -0.15) is 0 Å². The van der Waals surface area contributed by atoms with E-state index in [2.05, 4.69) is 20.8 Å². The lowest BCUT2D eigenvalue weighted by atomic mass is 9.71. The number of amides is 1. The van der Waals surface area contributed by atoms with Gasteiger partial charge >= 0.3 is 0 Å². The van der Waals surface area contributed by atoms with E-state index in [9.17, 15) is 4.79 Å². The van der Waals surface area contributed by atoms with Gasteiger partial charge in [0.15, 0.2) is 6.10 Å². The number of amidine groups is 1. The highest BCUT2D eigenvalue weighted by atomic mass is 79.9. The molecule has 7 heteroatoms. The van der Waals surface area contributed by atoms with Gasteiger partial charge in [0, 0.05) is 30.1 Å². The SMILES string of the molecule is COC1C(=O)N2c3ccccc3N=C(N(C)c3ccccc3Br)CC12c1ccc(Cl)cc1. The molecule has 2 unspecified atom stereocenters. The van der Waals surface area contributed by atoms with Crippen LogP contribution in [0.1, 0.15) is 12.0 Å². The Labute approximate surface area is 200 Å². The number of carbonyl (C=O) groups excluding carboxylic acids is 1. The Morgan fingerprint density at radius 3 is 2.50 bits per heavy atom. The summed E-state index contributed by atoms with van der Waals surface area (Å²) < 4.78 is 6.74. The number of methoxy groups -OCH3 is 1. The van der Waals surface area contributed by atoms with Crippen LogP contribution in [0.25, 0.3) is 0 Å². The lowest BCUT2D eigenvalue weighted by Gasteiger charge is -2.56. The van der Waals surface area contributed by atoms with Crippen molar-refractivity contribution in [2.75, 3.05) is 24.0 Å². The van der Waals surface area contributed by atoms with Crippen LogP contribution >= 0.6 is 27.5 Å². The van der Waals surface area contributed by atoms with Crippen LogP contribution in [-0.2, 0) is 15.1 Å². The van der Waals surface area contributed by atoms with Gasteiger partial charge in [-0.25, -0.2) is 4.99 Å². The molecule has 3 aromatic rings. The van der Waals surface area contributed by atoms with Crippen LogP contribution in [0.15, 0.2) is 82.3 Å². The number of fused-ring (bicyclic) bond motifs is 3. The van der Waals surface area contributed by atoms with Crippen LogP contribution < -0.4 is 9.80 Å². The van der Waals surface area contributed by atoms with Crippen LogP contribution in [0.2, 0.25) is 5.02 Å². The second-order valence-electron chi connectivity index (χ2n) is 7.92. The summed E-state index contributed by atoms with van der Waals surface area (Å²) in [5.41, 5.74) is 2.73. The van der Waals surface area contributed by atoms with Crippen molar-refractivity contribution in [2.24, 2.45) is 4.99 Å². The molecule has 0 N–H and O–H groups in total. The molecular formula is C25H21BrClN3O2. The van der Waals surface area contributed by atoms with Crippen molar-refractivity contribution < 1.29 is 9.53 Å². The van der Waals surface area contributed by atoms with Crippen LogP contribution in [0, 0.1) is 0 Å². The van der Waals surface area contributed by atoms with Crippen molar-refractivity contribution in [1.29, 1.82) is 0 Å². The minimum absolute atomic E-state index is 0.0742. The summed E-state index contributed by atoms with van der Waals surface area (Å²) in [5.74, 6) is 0.756. The second kappa shape index (κ2) is 8.03. The van der Waals surface area contributed by atoms with E-state index in [1.54, 1.807) is 7.11 Å². The number of benzene rings is 3. The molecule has 0 aromatic heterocycles. The molecule has 0 aliphatic carbocycles. The summed E-state index contributed by atoms with van der Waals surface area (Å²) in [7, 11) is 3.58. The van der Waals surface area contributed by atoms with E-state index < -0.39 is 11.6 Å². The Balaban J connectivity index is 1.73. The summed E-state index contributed by atoms with van der Waals surface area (Å²) in [4.78, 5) is 22.2. The smallest absolute Gasteiger partial charge is 0.259 e. The fourth-order valence-electron chi connectivity index (χ4n) is 4.72. The van der Waals surface area contributed by atoms with E-state index in [1.807, 2.05) is 84.7 Å². The lowest BCUT2D eigenvalue weighted by molar-refractivity contribution is -0.147. The van der Waals surface area contributed by atoms with E-state index in [-0.39, 0.29) is 5.91 Å². The predicted octanol–water partition coefficient (Wildman–Crippen LogP) is 5.93. The normalized spacial score (nSPS) is 21.8. The summed E-state index contributed by atoms with van der Waals surface area (Å²) >= 11 is 9.85. The maximum atomic E-state index is 13.3. The van der Waals surface area contributed by atoms with Gasteiger partial charge in [0.25, 0.3) is 5.91 Å². The first kappa shape index (κ1) is 21.2. The van der Waals surface area contributed by atoms with Gasteiger partial charge in [0.2, 0.25) is 0 Å². The number of nitrogens with zero attached hydrogens (tertiary/aromatic N) is 3. The Bertz CT molecular complexity index is 1230. The summed E-state index contributed by atoms with van der Waals surface area (Å²) in [6.45, 7) is 0. The van der Waals surface area contributed by atoms with Gasteiger partial charge in [-0.15, -0.1) is 0 Å². The number of β-lactam (4-membered cyclic amide) rings is 1. The Morgan fingerprint density at radius 1 is 1.09 bits per heavy atom. The average molecular weight is 511 g/mol. The van der Waals surface area contributed by atoms with E-state index in [0.29, 0.717) is 11.4 Å². The number of rotatable bonds is 3. The van der Waals surface area contributed by atoms with Crippen molar-refractivity contribution >= 4 is 56.3 Å². The van der Waals surface area contributed by atoms with Gasteiger partial charge in [0.1, 0.15) is 11.4 Å². The first-order valence-corrected chi connectivity index (χ1v) is 11.4. The van der Waals surface area contributed by atoms with Crippen LogP contribution in [0.3, 0.4) is 0 Å².